The van der Waals surface area contributed by atoms with Gasteiger partial charge in [-0.25, -0.2) is 0 Å². The minimum absolute atomic E-state index is 0.0481. The maximum absolute atomic E-state index is 9.97. The number of hydrogen-bond acceptors (Lipinski definition) is 6. The molecule has 0 saturated heterocycles. The van der Waals surface area contributed by atoms with Crippen LogP contribution in [-0.4, -0.2) is 32.8 Å². The Morgan fingerprint density at radius 2 is 0.919 bits per heavy atom. The Labute approximate surface area is 218 Å². The normalized spacial score (nSPS) is 9.86. The van der Waals surface area contributed by atoms with Gasteiger partial charge in [0.15, 0.2) is 0 Å². The van der Waals surface area contributed by atoms with Gasteiger partial charge in [0.1, 0.15) is 67.5 Å². The molecule has 0 bridgehead atoms. The molecule has 0 unspecified atom stereocenters. The smallest absolute Gasteiger partial charge is 0.148 e. The number of phenols is 1. The van der Waals surface area contributed by atoms with Crippen LogP contribution in [0.2, 0.25) is 0 Å². The summed E-state index contributed by atoms with van der Waals surface area (Å²) >= 11 is 0. The van der Waals surface area contributed by atoms with Crippen LogP contribution >= 0.6 is 0 Å². The maximum Gasteiger partial charge on any atom is 0.148 e. The highest BCUT2D eigenvalue weighted by molar-refractivity contribution is 6.08. The highest BCUT2D eigenvalue weighted by Crippen LogP contribution is 2.28. The molecule has 3 aromatic carbocycles. The summed E-state index contributed by atoms with van der Waals surface area (Å²) < 4.78 is 28.4. The lowest BCUT2D eigenvalue weighted by Crippen LogP contribution is -2.02. The van der Waals surface area contributed by atoms with Crippen molar-refractivity contribution in [1.29, 1.82) is 0 Å². The third kappa shape index (κ3) is 8.73. The van der Waals surface area contributed by atoms with E-state index >= 15 is 0 Å². The predicted molar refractivity (Wildman–Crippen MR) is 142 cm³/mol. The van der Waals surface area contributed by atoms with E-state index in [0.717, 1.165) is 11.1 Å². The van der Waals surface area contributed by atoms with Gasteiger partial charge in [0.05, 0.1) is 7.85 Å². The first-order valence-corrected chi connectivity index (χ1v) is 11.3. The number of rotatable bonds is 13. The topological polar surface area (TPSA) is 66.4 Å². The van der Waals surface area contributed by atoms with E-state index in [1.165, 1.54) is 6.07 Å². The van der Waals surface area contributed by atoms with Gasteiger partial charge in [0.25, 0.3) is 0 Å². The fourth-order valence-electron chi connectivity index (χ4n) is 3.31. The fourth-order valence-corrected chi connectivity index (χ4v) is 3.31. The summed E-state index contributed by atoms with van der Waals surface area (Å²) in [4.78, 5) is 0. The summed E-state index contributed by atoms with van der Waals surface area (Å²) in [5.74, 6) is 9.96. The van der Waals surface area contributed by atoms with Crippen molar-refractivity contribution in [2.24, 2.45) is 0 Å². The van der Waals surface area contributed by atoms with E-state index in [1.807, 2.05) is 24.3 Å². The van der Waals surface area contributed by atoms with E-state index in [-0.39, 0.29) is 38.8 Å². The van der Waals surface area contributed by atoms with Crippen molar-refractivity contribution < 1.29 is 28.8 Å². The molecule has 1 N–H and O–H groups in total. The Balaban J connectivity index is 1.72. The predicted octanol–water partition coefficient (Wildman–Crippen LogP) is 4.25. The Morgan fingerprint density at radius 1 is 0.541 bits per heavy atom. The average Bonchev–Trinajstić information content (AvgIpc) is 2.91. The standard InChI is InChI=1S/C30H25BO6/c1-4-7-33-26-13-23(10-25(32)16-26)20-36-29-11-22(19-31)12-30(18-29)37-21-24-14-27(34-8-5-2)17-28(15-24)35-9-6-3/h1-3,10-18,32H,7-9,19-21H2. The van der Waals surface area contributed by atoms with Crippen LogP contribution in [0.25, 0.3) is 0 Å². The zero-order valence-electron chi connectivity index (χ0n) is 20.2. The molecule has 184 valence electrons. The molecule has 2 radical (unpaired) electrons. The van der Waals surface area contributed by atoms with Gasteiger partial charge < -0.3 is 28.8 Å². The Kier molecular flexibility index (Phi) is 10.1. The summed E-state index contributed by atoms with van der Waals surface area (Å²) in [6.07, 6.45) is 16.1. The average molecular weight is 492 g/mol. The third-order valence-electron chi connectivity index (χ3n) is 4.84. The van der Waals surface area contributed by atoms with Crippen molar-refractivity contribution in [1.82, 2.24) is 0 Å². The van der Waals surface area contributed by atoms with Gasteiger partial charge in [0, 0.05) is 18.2 Å². The number of ether oxygens (including phenoxy) is 5. The molecule has 7 heteroatoms. The summed E-state index contributed by atoms with van der Waals surface area (Å²) in [6.45, 7) is 0.734. The van der Waals surface area contributed by atoms with Crippen molar-refractivity contribution in [3.8, 4) is 71.5 Å². The molecule has 0 amide bonds. The molecule has 3 rings (SSSR count). The highest BCUT2D eigenvalue weighted by Gasteiger charge is 2.08. The Hall–Kier alpha value is -4.80. The van der Waals surface area contributed by atoms with Gasteiger partial charge in [-0.3, -0.25) is 0 Å². The number of terminal acetylenes is 3. The molecule has 6 nitrogen and oxygen atoms in total. The van der Waals surface area contributed by atoms with Crippen LogP contribution in [0, 0.1) is 37.0 Å². The van der Waals surface area contributed by atoms with E-state index in [9.17, 15) is 5.11 Å². The second-order valence-electron chi connectivity index (χ2n) is 7.72. The molecule has 37 heavy (non-hydrogen) atoms. The summed E-state index contributed by atoms with van der Waals surface area (Å²) in [7, 11) is 5.88. The lowest BCUT2D eigenvalue weighted by atomic mass is 9.97. The first kappa shape index (κ1) is 26.8. The first-order chi connectivity index (χ1) is 18.0. The number of hydrogen-bond donors (Lipinski definition) is 1. The van der Waals surface area contributed by atoms with Gasteiger partial charge in [0.2, 0.25) is 0 Å². The van der Waals surface area contributed by atoms with E-state index in [2.05, 4.69) is 17.8 Å². The van der Waals surface area contributed by atoms with Crippen LogP contribution in [0.3, 0.4) is 0 Å². The SMILES string of the molecule is [B]Cc1cc(OCc2cc(O)cc(OCC#C)c2)cc(OCc2cc(OCC#C)cc(OCC#C)c2)c1. The molecule has 0 atom stereocenters. The van der Waals surface area contributed by atoms with Gasteiger partial charge in [-0.1, -0.05) is 24.1 Å². The van der Waals surface area contributed by atoms with E-state index in [4.69, 9.17) is 50.8 Å². The molecular formula is C30H25BO6. The van der Waals surface area contributed by atoms with Gasteiger partial charge in [-0.15, -0.1) is 19.3 Å². The molecule has 0 spiro atoms. The lowest BCUT2D eigenvalue weighted by Gasteiger charge is -2.14. The summed E-state index contributed by atoms with van der Waals surface area (Å²) in [5.41, 5.74) is 2.32. The minimum Gasteiger partial charge on any atom is -0.508 e. The van der Waals surface area contributed by atoms with Crippen LogP contribution in [-0.2, 0) is 19.5 Å². The van der Waals surface area contributed by atoms with Crippen LogP contribution in [0.1, 0.15) is 16.7 Å². The largest absolute Gasteiger partial charge is 0.508 e. The van der Waals surface area contributed by atoms with Crippen molar-refractivity contribution in [2.75, 3.05) is 19.8 Å². The van der Waals surface area contributed by atoms with Crippen LogP contribution in [0.15, 0.2) is 54.6 Å². The number of phenolic OH excluding ortho intramolecular Hbond substituents is 1. The molecule has 3 aromatic rings. The molecular weight excluding hydrogens is 467 g/mol. The van der Waals surface area contributed by atoms with E-state index in [1.54, 1.807) is 24.3 Å². The van der Waals surface area contributed by atoms with Crippen molar-refractivity contribution in [3.63, 3.8) is 0 Å². The fraction of sp³-hybridized carbons (Fsp3) is 0.200. The van der Waals surface area contributed by atoms with Crippen LogP contribution in [0.4, 0.5) is 0 Å². The maximum atomic E-state index is 9.97. The highest BCUT2D eigenvalue weighted by atomic mass is 16.5. The number of aromatic hydroxyl groups is 1. The second-order valence-corrected chi connectivity index (χ2v) is 7.72. The van der Waals surface area contributed by atoms with Crippen molar-refractivity contribution in [2.45, 2.75) is 19.5 Å². The molecule has 0 aliphatic rings. The van der Waals surface area contributed by atoms with Gasteiger partial charge >= 0.3 is 0 Å². The molecule has 0 aliphatic heterocycles. The third-order valence-corrected chi connectivity index (χ3v) is 4.84. The van der Waals surface area contributed by atoms with Crippen LogP contribution < -0.4 is 23.7 Å². The zero-order valence-corrected chi connectivity index (χ0v) is 20.2. The zero-order chi connectivity index (χ0) is 26.5. The van der Waals surface area contributed by atoms with E-state index < -0.39 is 0 Å². The Bertz CT molecular complexity index is 1290. The summed E-state index contributed by atoms with van der Waals surface area (Å²) in [6, 6.07) is 15.6. The molecule has 0 saturated carbocycles. The molecule has 0 aliphatic carbocycles. The number of benzene rings is 3. The van der Waals surface area contributed by atoms with Crippen LogP contribution in [0.5, 0.6) is 34.5 Å². The first-order valence-electron chi connectivity index (χ1n) is 11.3. The van der Waals surface area contributed by atoms with E-state index in [0.29, 0.717) is 40.6 Å². The van der Waals surface area contributed by atoms with Gasteiger partial charge in [-0.2, -0.15) is 0 Å². The van der Waals surface area contributed by atoms with Gasteiger partial charge in [-0.05, 0) is 53.1 Å². The lowest BCUT2D eigenvalue weighted by molar-refractivity contribution is 0.287. The monoisotopic (exact) mass is 492 g/mol. The van der Waals surface area contributed by atoms with Crippen molar-refractivity contribution >= 4 is 7.85 Å². The molecule has 0 heterocycles. The second kappa shape index (κ2) is 13.9. The Morgan fingerprint density at radius 3 is 1.35 bits per heavy atom. The molecule has 0 aromatic heterocycles. The minimum atomic E-state index is 0.0481. The summed E-state index contributed by atoms with van der Waals surface area (Å²) in [5, 5.41) is 9.97. The van der Waals surface area contributed by atoms with Crippen molar-refractivity contribution in [3.05, 3.63) is 71.3 Å². The quantitative estimate of drug-likeness (QED) is 0.284. The molecule has 0 fully saturated rings.